The summed E-state index contributed by atoms with van der Waals surface area (Å²) in [4.78, 5) is 0. The molecule has 2 heteroatoms. The van der Waals surface area contributed by atoms with Crippen LogP contribution in [0.5, 0.6) is 0 Å². The Morgan fingerprint density at radius 1 is 1.19 bits per heavy atom. The molecule has 0 aromatic heterocycles. The maximum atomic E-state index is 6.32. The number of hydrogen-bond donors (Lipinski definition) is 2. The zero-order chi connectivity index (χ0) is 15.2. The number of nitrogens with two attached hydrogens (primary N) is 1. The second kappa shape index (κ2) is 7.95. The molecule has 0 heterocycles. The first-order valence-corrected chi connectivity index (χ1v) is 8.59. The summed E-state index contributed by atoms with van der Waals surface area (Å²) >= 11 is 0. The van der Waals surface area contributed by atoms with E-state index in [1.165, 1.54) is 24.8 Å². The molecule has 0 saturated heterocycles. The second-order valence-corrected chi connectivity index (χ2v) is 7.29. The van der Waals surface area contributed by atoms with Crippen molar-refractivity contribution in [1.82, 2.24) is 5.32 Å². The predicted octanol–water partition coefficient (Wildman–Crippen LogP) is 3.61. The molecular formula is C19H32N2. The first-order chi connectivity index (χ1) is 10.1. The van der Waals surface area contributed by atoms with Gasteiger partial charge >= 0.3 is 0 Å². The molecule has 0 radical (unpaired) electrons. The van der Waals surface area contributed by atoms with Crippen LogP contribution in [-0.4, -0.2) is 18.6 Å². The van der Waals surface area contributed by atoms with Crippen LogP contribution in [0.15, 0.2) is 30.3 Å². The fourth-order valence-electron chi connectivity index (χ4n) is 3.73. The Balaban J connectivity index is 1.82. The van der Waals surface area contributed by atoms with Gasteiger partial charge in [-0.05, 0) is 42.6 Å². The Bertz CT molecular complexity index is 401. The van der Waals surface area contributed by atoms with Crippen LogP contribution in [0.4, 0.5) is 0 Å². The second-order valence-electron chi connectivity index (χ2n) is 7.29. The van der Waals surface area contributed by atoms with Crippen LogP contribution >= 0.6 is 0 Å². The Kier molecular flexibility index (Phi) is 6.25. The molecule has 3 N–H and O–H groups in total. The van der Waals surface area contributed by atoms with Gasteiger partial charge in [-0.25, -0.2) is 0 Å². The first kappa shape index (κ1) is 16.5. The molecule has 0 amide bonds. The van der Waals surface area contributed by atoms with Crippen molar-refractivity contribution in [1.29, 1.82) is 0 Å². The molecule has 2 nitrogen and oxygen atoms in total. The van der Waals surface area contributed by atoms with E-state index in [2.05, 4.69) is 56.4 Å². The van der Waals surface area contributed by atoms with Gasteiger partial charge in [-0.15, -0.1) is 0 Å². The molecule has 0 aliphatic heterocycles. The highest BCUT2D eigenvalue weighted by Crippen LogP contribution is 2.33. The highest BCUT2D eigenvalue weighted by Gasteiger charge is 2.30. The summed E-state index contributed by atoms with van der Waals surface area (Å²) in [6.45, 7) is 8.03. The van der Waals surface area contributed by atoms with Crippen molar-refractivity contribution in [3.05, 3.63) is 35.9 Å². The standard InChI is InChI=1S/C19H32N2/c1-14(2)18-10-9-15(3)11-19(18)21-13-17(20)12-16-7-5-4-6-8-16/h4-8,14-15,17-19,21H,9-13,20H2,1-3H3/t15-,17+,18+,19+/m1/s1. The third-order valence-corrected chi connectivity index (χ3v) is 5.01. The average Bonchev–Trinajstić information content (AvgIpc) is 2.46. The first-order valence-electron chi connectivity index (χ1n) is 8.59. The Morgan fingerprint density at radius 2 is 1.90 bits per heavy atom. The summed E-state index contributed by atoms with van der Waals surface area (Å²) in [6, 6.07) is 11.4. The number of hydrogen-bond acceptors (Lipinski definition) is 2. The zero-order valence-corrected chi connectivity index (χ0v) is 13.9. The van der Waals surface area contributed by atoms with Crippen molar-refractivity contribution in [2.75, 3.05) is 6.54 Å². The van der Waals surface area contributed by atoms with Crippen molar-refractivity contribution >= 4 is 0 Å². The predicted molar refractivity (Wildman–Crippen MR) is 91.3 cm³/mol. The molecule has 1 saturated carbocycles. The van der Waals surface area contributed by atoms with Crippen LogP contribution in [0.1, 0.15) is 45.6 Å². The van der Waals surface area contributed by atoms with E-state index < -0.39 is 0 Å². The van der Waals surface area contributed by atoms with E-state index in [0.29, 0.717) is 6.04 Å². The van der Waals surface area contributed by atoms with Crippen molar-refractivity contribution in [3.8, 4) is 0 Å². The van der Waals surface area contributed by atoms with Gasteiger partial charge in [0.2, 0.25) is 0 Å². The highest BCUT2D eigenvalue weighted by atomic mass is 14.9. The van der Waals surface area contributed by atoms with Gasteiger partial charge in [-0.3, -0.25) is 0 Å². The molecule has 0 spiro atoms. The summed E-state index contributed by atoms with van der Waals surface area (Å²) in [7, 11) is 0. The molecule has 118 valence electrons. The molecule has 0 unspecified atom stereocenters. The minimum Gasteiger partial charge on any atom is -0.326 e. The van der Waals surface area contributed by atoms with E-state index in [4.69, 9.17) is 5.73 Å². The van der Waals surface area contributed by atoms with Gasteiger partial charge in [-0.1, -0.05) is 57.5 Å². The van der Waals surface area contributed by atoms with Crippen molar-refractivity contribution in [2.45, 2.75) is 58.5 Å². The molecule has 21 heavy (non-hydrogen) atoms. The number of benzene rings is 1. The molecule has 1 aromatic rings. The van der Waals surface area contributed by atoms with Crippen LogP contribution in [0, 0.1) is 17.8 Å². The van der Waals surface area contributed by atoms with Gasteiger partial charge in [0, 0.05) is 18.6 Å². The Hall–Kier alpha value is -0.860. The lowest BCUT2D eigenvalue weighted by atomic mass is 9.74. The lowest BCUT2D eigenvalue weighted by Gasteiger charge is -2.38. The van der Waals surface area contributed by atoms with Gasteiger partial charge in [0.25, 0.3) is 0 Å². The molecular weight excluding hydrogens is 256 g/mol. The van der Waals surface area contributed by atoms with E-state index in [1.807, 2.05) is 0 Å². The van der Waals surface area contributed by atoms with Crippen molar-refractivity contribution in [3.63, 3.8) is 0 Å². The third kappa shape index (κ3) is 5.12. The SMILES string of the molecule is CC(C)[C@@H]1CC[C@@H](C)C[C@@H]1NC[C@@H](N)Cc1ccccc1. The van der Waals surface area contributed by atoms with E-state index in [1.54, 1.807) is 0 Å². The summed E-state index contributed by atoms with van der Waals surface area (Å²) in [6.07, 6.45) is 5.02. The summed E-state index contributed by atoms with van der Waals surface area (Å²) in [5.41, 5.74) is 7.65. The van der Waals surface area contributed by atoms with Gasteiger partial charge in [0.15, 0.2) is 0 Å². The molecule has 0 bridgehead atoms. The maximum absolute atomic E-state index is 6.32. The van der Waals surface area contributed by atoms with Gasteiger partial charge in [0.05, 0.1) is 0 Å². The van der Waals surface area contributed by atoms with E-state index in [9.17, 15) is 0 Å². The smallest absolute Gasteiger partial charge is 0.0206 e. The minimum atomic E-state index is 0.206. The highest BCUT2D eigenvalue weighted by molar-refractivity contribution is 5.15. The molecule has 4 atom stereocenters. The largest absolute Gasteiger partial charge is 0.326 e. The lowest BCUT2D eigenvalue weighted by molar-refractivity contribution is 0.168. The van der Waals surface area contributed by atoms with Crippen LogP contribution in [-0.2, 0) is 6.42 Å². The van der Waals surface area contributed by atoms with Crippen LogP contribution < -0.4 is 11.1 Å². The van der Waals surface area contributed by atoms with Crippen molar-refractivity contribution < 1.29 is 0 Å². The normalized spacial score (nSPS) is 27.8. The number of rotatable bonds is 6. The van der Waals surface area contributed by atoms with Gasteiger partial charge in [0.1, 0.15) is 0 Å². The van der Waals surface area contributed by atoms with E-state index >= 15 is 0 Å². The van der Waals surface area contributed by atoms with Crippen LogP contribution in [0.3, 0.4) is 0 Å². The Morgan fingerprint density at radius 3 is 2.57 bits per heavy atom. The van der Waals surface area contributed by atoms with Crippen LogP contribution in [0.2, 0.25) is 0 Å². The lowest BCUT2D eigenvalue weighted by Crippen LogP contribution is -2.47. The number of nitrogens with one attached hydrogen (secondary N) is 1. The average molecular weight is 288 g/mol. The minimum absolute atomic E-state index is 0.206. The maximum Gasteiger partial charge on any atom is 0.0206 e. The Labute approximate surface area is 130 Å². The molecule has 1 aliphatic carbocycles. The monoisotopic (exact) mass is 288 g/mol. The molecule has 1 aromatic carbocycles. The van der Waals surface area contributed by atoms with Gasteiger partial charge in [-0.2, -0.15) is 0 Å². The van der Waals surface area contributed by atoms with Crippen molar-refractivity contribution in [2.24, 2.45) is 23.5 Å². The molecule has 2 rings (SSSR count). The molecule has 1 fully saturated rings. The van der Waals surface area contributed by atoms with E-state index in [-0.39, 0.29) is 6.04 Å². The summed E-state index contributed by atoms with van der Waals surface area (Å²) in [5.74, 6) is 2.42. The topological polar surface area (TPSA) is 38.0 Å². The third-order valence-electron chi connectivity index (χ3n) is 5.01. The van der Waals surface area contributed by atoms with E-state index in [0.717, 1.165) is 30.7 Å². The fraction of sp³-hybridized carbons (Fsp3) is 0.684. The van der Waals surface area contributed by atoms with Gasteiger partial charge < -0.3 is 11.1 Å². The summed E-state index contributed by atoms with van der Waals surface area (Å²) in [5, 5.41) is 3.78. The fourth-order valence-corrected chi connectivity index (χ4v) is 3.73. The summed E-state index contributed by atoms with van der Waals surface area (Å²) < 4.78 is 0. The quantitative estimate of drug-likeness (QED) is 0.839. The van der Waals surface area contributed by atoms with Crippen LogP contribution in [0.25, 0.3) is 0 Å². The zero-order valence-electron chi connectivity index (χ0n) is 13.9. The molecule has 1 aliphatic rings.